The van der Waals surface area contributed by atoms with Gasteiger partial charge in [0.15, 0.2) is 0 Å². The molecule has 0 aromatic heterocycles. The van der Waals surface area contributed by atoms with Crippen LogP contribution in [0.5, 0.6) is 0 Å². The first kappa shape index (κ1) is 10.1. The van der Waals surface area contributed by atoms with Gasteiger partial charge in [0.05, 0.1) is 5.60 Å². The molecule has 4 heteroatoms. The number of hydrogen-bond donors (Lipinski definition) is 2. The van der Waals surface area contributed by atoms with Crippen LogP contribution in [0.1, 0.15) is 20.8 Å². The van der Waals surface area contributed by atoms with Gasteiger partial charge in [0.2, 0.25) is 5.63 Å². The molecule has 0 saturated heterocycles. The van der Waals surface area contributed by atoms with Gasteiger partial charge in [-0.25, -0.2) is 4.39 Å². The Balaban J connectivity index is 4.40. The Kier molecular flexibility index (Phi) is 2.68. The van der Waals surface area contributed by atoms with Gasteiger partial charge < -0.3 is 10.2 Å². The Morgan fingerprint density at radius 1 is 1.30 bits per heavy atom. The summed E-state index contributed by atoms with van der Waals surface area (Å²) in [5, 5.41) is 18.3. The molecule has 0 aliphatic rings. The highest BCUT2D eigenvalue weighted by molar-refractivity contribution is 6.20. The van der Waals surface area contributed by atoms with Gasteiger partial charge in [0.1, 0.15) is 5.60 Å². The van der Waals surface area contributed by atoms with Gasteiger partial charge in [-0.3, -0.25) is 0 Å². The second-order valence-corrected chi connectivity index (χ2v) is 3.39. The van der Waals surface area contributed by atoms with Gasteiger partial charge in [-0.15, -0.1) is 0 Å². The van der Waals surface area contributed by atoms with E-state index in [-0.39, 0.29) is 0 Å². The van der Waals surface area contributed by atoms with Crippen molar-refractivity contribution in [2.45, 2.75) is 37.6 Å². The van der Waals surface area contributed by atoms with Crippen molar-refractivity contribution < 1.29 is 14.6 Å². The molecular weight excluding hydrogens is 159 g/mol. The van der Waals surface area contributed by atoms with Gasteiger partial charge in [-0.05, 0) is 20.8 Å². The van der Waals surface area contributed by atoms with Crippen molar-refractivity contribution in [1.29, 1.82) is 0 Å². The predicted octanol–water partition coefficient (Wildman–Crippen LogP) is 1.04. The second-order valence-electron chi connectivity index (χ2n) is 3.01. The van der Waals surface area contributed by atoms with E-state index < -0.39 is 16.8 Å². The molecule has 0 rings (SSSR count). The molecule has 2 atom stereocenters. The Morgan fingerprint density at radius 3 is 1.60 bits per heavy atom. The highest BCUT2D eigenvalue weighted by atomic mass is 35.5. The van der Waals surface area contributed by atoms with Gasteiger partial charge in [-0.1, -0.05) is 11.6 Å². The average molecular weight is 171 g/mol. The van der Waals surface area contributed by atoms with E-state index in [0.717, 1.165) is 6.92 Å². The van der Waals surface area contributed by atoms with E-state index in [1.54, 1.807) is 0 Å². The predicted molar refractivity (Wildman–Crippen MR) is 37.7 cm³/mol. The van der Waals surface area contributed by atoms with E-state index in [9.17, 15) is 9.50 Å². The molecule has 0 amide bonds. The van der Waals surface area contributed by atoms with Gasteiger partial charge in [0.25, 0.3) is 0 Å². The molecule has 2 N–H and O–H groups in total. The monoisotopic (exact) mass is 170 g/mol. The van der Waals surface area contributed by atoms with Crippen LogP contribution in [0.4, 0.5) is 4.39 Å². The zero-order valence-corrected chi connectivity index (χ0v) is 6.98. The summed E-state index contributed by atoms with van der Waals surface area (Å²) in [6, 6.07) is 0. The maximum absolute atomic E-state index is 12.3. The molecule has 0 aliphatic carbocycles. The van der Waals surface area contributed by atoms with Crippen molar-refractivity contribution in [2.24, 2.45) is 0 Å². The molecule has 62 valence electrons. The van der Waals surface area contributed by atoms with E-state index in [1.165, 1.54) is 13.8 Å². The summed E-state index contributed by atoms with van der Waals surface area (Å²) in [6.07, 6.45) is 0. The van der Waals surface area contributed by atoms with E-state index in [4.69, 9.17) is 16.7 Å². The van der Waals surface area contributed by atoms with E-state index in [1.807, 2.05) is 0 Å². The molecule has 10 heavy (non-hydrogen) atoms. The van der Waals surface area contributed by atoms with Gasteiger partial charge in [-0.2, -0.15) is 0 Å². The van der Waals surface area contributed by atoms with Crippen LogP contribution in [0.2, 0.25) is 0 Å². The molecule has 0 heterocycles. The molecule has 0 saturated carbocycles. The fraction of sp³-hybridized carbons (Fsp3) is 1.00. The van der Waals surface area contributed by atoms with Crippen LogP contribution in [0.15, 0.2) is 0 Å². The highest BCUT2D eigenvalue weighted by Gasteiger charge is 2.44. The lowest BCUT2D eigenvalue weighted by atomic mass is 9.89. The first-order valence-corrected chi connectivity index (χ1v) is 3.36. The number of alkyl halides is 2. The van der Waals surface area contributed by atoms with Crippen LogP contribution < -0.4 is 0 Å². The fourth-order valence-corrected chi connectivity index (χ4v) is 0.534. The molecule has 0 spiro atoms. The van der Waals surface area contributed by atoms with Crippen LogP contribution in [0.25, 0.3) is 0 Å². The number of halogens is 2. The maximum Gasteiger partial charge on any atom is 0.204 e. The summed E-state index contributed by atoms with van der Waals surface area (Å²) in [6.45, 7) is 3.73. The van der Waals surface area contributed by atoms with Crippen molar-refractivity contribution in [2.75, 3.05) is 0 Å². The minimum Gasteiger partial charge on any atom is -0.387 e. The lowest BCUT2D eigenvalue weighted by molar-refractivity contribution is -0.139. The van der Waals surface area contributed by atoms with E-state index in [0.29, 0.717) is 0 Å². The SMILES string of the molecule is CC(C)(O)C(C)(O)C(F)Cl. The van der Waals surface area contributed by atoms with Crippen LogP contribution in [0.3, 0.4) is 0 Å². The molecule has 0 aliphatic heterocycles. The van der Waals surface area contributed by atoms with Gasteiger partial charge >= 0.3 is 0 Å². The molecule has 0 aromatic rings. The van der Waals surface area contributed by atoms with Crippen molar-refractivity contribution >= 4 is 11.6 Å². The summed E-state index contributed by atoms with van der Waals surface area (Å²) in [5.41, 5.74) is -5.41. The maximum atomic E-state index is 12.3. The third-order valence-electron chi connectivity index (χ3n) is 1.66. The molecular formula is C6H12ClFO2. The fourth-order valence-electron chi connectivity index (χ4n) is 0.267. The summed E-state index contributed by atoms with van der Waals surface area (Å²) in [5.74, 6) is 0. The van der Waals surface area contributed by atoms with Crippen molar-refractivity contribution in [3.8, 4) is 0 Å². The number of hydrogen-bond acceptors (Lipinski definition) is 2. The third-order valence-corrected chi connectivity index (χ3v) is 2.09. The van der Waals surface area contributed by atoms with Crippen molar-refractivity contribution in [3.05, 3.63) is 0 Å². The van der Waals surface area contributed by atoms with E-state index >= 15 is 0 Å². The standard InChI is InChI=1S/C6H12ClFO2/c1-5(2,9)6(3,10)4(7)8/h4,9-10H,1-3H3. The lowest BCUT2D eigenvalue weighted by Crippen LogP contribution is -2.52. The summed E-state index contributed by atoms with van der Waals surface area (Å²) in [7, 11) is 0. The molecule has 2 nitrogen and oxygen atoms in total. The second kappa shape index (κ2) is 2.64. The Morgan fingerprint density at radius 2 is 1.60 bits per heavy atom. The van der Waals surface area contributed by atoms with Gasteiger partial charge in [0, 0.05) is 0 Å². The largest absolute Gasteiger partial charge is 0.387 e. The first-order chi connectivity index (χ1) is 4.19. The summed E-state index contributed by atoms with van der Waals surface area (Å²) in [4.78, 5) is 0. The molecule has 0 bridgehead atoms. The average Bonchev–Trinajstić information content (AvgIpc) is 1.62. The number of aliphatic hydroxyl groups is 2. The van der Waals surface area contributed by atoms with Crippen LogP contribution >= 0.6 is 11.6 Å². The lowest BCUT2D eigenvalue weighted by Gasteiger charge is -2.35. The molecule has 0 fully saturated rings. The minimum atomic E-state index is -1.97. The zero-order chi connectivity index (χ0) is 8.58. The summed E-state index contributed by atoms with van der Waals surface area (Å²) >= 11 is 4.98. The smallest absolute Gasteiger partial charge is 0.204 e. The van der Waals surface area contributed by atoms with Crippen LogP contribution in [0, 0.1) is 0 Å². The first-order valence-electron chi connectivity index (χ1n) is 2.92. The van der Waals surface area contributed by atoms with Crippen LogP contribution in [-0.4, -0.2) is 27.0 Å². The summed E-state index contributed by atoms with van der Waals surface area (Å²) < 4.78 is 12.3. The Hall–Kier alpha value is 0.140. The quantitative estimate of drug-likeness (QED) is 0.608. The normalized spacial score (nSPS) is 21.9. The Labute approximate surface area is 64.6 Å². The Bertz CT molecular complexity index is 117. The highest BCUT2D eigenvalue weighted by Crippen LogP contribution is 2.28. The molecule has 0 aromatic carbocycles. The van der Waals surface area contributed by atoms with Crippen LogP contribution in [-0.2, 0) is 0 Å². The van der Waals surface area contributed by atoms with Crippen molar-refractivity contribution in [1.82, 2.24) is 0 Å². The third kappa shape index (κ3) is 1.81. The molecule has 0 radical (unpaired) electrons. The molecule has 2 unspecified atom stereocenters. The minimum absolute atomic E-state index is 1.14. The zero-order valence-electron chi connectivity index (χ0n) is 6.23. The topological polar surface area (TPSA) is 40.5 Å². The van der Waals surface area contributed by atoms with Crippen molar-refractivity contribution in [3.63, 3.8) is 0 Å². The van der Waals surface area contributed by atoms with E-state index in [2.05, 4.69) is 0 Å². The number of rotatable bonds is 2.